The quantitative estimate of drug-likeness (QED) is 0.680. The smallest absolute Gasteiger partial charge is 0.324 e. The van der Waals surface area contributed by atoms with E-state index in [0.29, 0.717) is 24.7 Å². The van der Waals surface area contributed by atoms with Crippen molar-refractivity contribution in [3.05, 3.63) is 0 Å². The minimum atomic E-state index is -1.06. The van der Waals surface area contributed by atoms with E-state index in [1.54, 1.807) is 0 Å². The third kappa shape index (κ3) is 1.18. The molecule has 0 aromatic heterocycles. The molecule has 1 aliphatic carbocycles. The summed E-state index contributed by atoms with van der Waals surface area (Å²) in [6.45, 7) is 4.13. The Bertz CT molecular complexity index is 233. The molecule has 0 bridgehead atoms. The Labute approximate surface area is 72.0 Å². The van der Waals surface area contributed by atoms with Crippen LogP contribution < -0.4 is 0 Å². The van der Waals surface area contributed by atoms with Crippen LogP contribution in [0.3, 0.4) is 0 Å². The van der Waals surface area contributed by atoms with Gasteiger partial charge in [-0.05, 0) is 24.7 Å². The predicted molar refractivity (Wildman–Crippen MR) is 43.2 cm³/mol. The number of carboxylic acid groups (broad SMARTS) is 1. The van der Waals surface area contributed by atoms with E-state index in [0.717, 1.165) is 0 Å². The van der Waals surface area contributed by atoms with Gasteiger partial charge in [0.1, 0.15) is 0 Å². The Hall–Kier alpha value is -1.04. The monoisotopic (exact) mass is 167 g/mol. The Morgan fingerprint density at radius 3 is 2.42 bits per heavy atom. The summed E-state index contributed by atoms with van der Waals surface area (Å²) >= 11 is 0. The van der Waals surface area contributed by atoms with Crippen LogP contribution in [-0.2, 0) is 4.79 Å². The molecule has 0 aromatic rings. The van der Waals surface area contributed by atoms with Gasteiger partial charge in [0.25, 0.3) is 0 Å². The maximum Gasteiger partial charge on any atom is 0.324 e. The van der Waals surface area contributed by atoms with Gasteiger partial charge >= 0.3 is 5.97 Å². The van der Waals surface area contributed by atoms with Gasteiger partial charge in [0.15, 0.2) is 5.41 Å². The Morgan fingerprint density at radius 2 is 2.17 bits per heavy atom. The first-order chi connectivity index (χ1) is 5.52. The third-order valence-electron chi connectivity index (χ3n) is 2.79. The van der Waals surface area contributed by atoms with Crippen molar-refractivity contribution in [3.63, 3.8) is 0 Å². The van der Waals surface area contributed by atoms with E-state index in [1.165, 1.54) is 0 Å². The van der Waals surface area contributed by atoms with Crippen molar-refractivity contribution in [2.45, 2.75) is 26.7 Å². The van der Waals surface area contributed by atoms with Crippen molar-refractivity contribution in [2.24, 2.45) is 17.3 Å². The van der Waals surface area contributed by atoms with Crippen LogP contribution in [0.25, 0.3) is 0 Å². The van der Waals surface area contributed by atoms with Crippen molar-refractivity contribution < 1.29 is 9.90 Å². The maximum absolute atomic E-state index is 10.7. The predicted octanol–water partition coefficient (Wildman–Crippen LogP) is 1.65. The Kier molecular flexibility index (Phi) is 2.10. The molecule has 3 nitrogen and oxygen atoms in total. The Morgan fingerprint density at radius 1 is 1.67 bits per heavy atom. The molecule has 0 radical (unpaired) electrons. The molecular weight excluding hydrogens is 154 g/mol. The number of nitriles is 1. The van der Waals surface area contributed by atoms with Gasteiger partial charge in [0, 0.05) is 0 Å². The van der Waals surface area contributed by atoms with Gasteiger partial charge in [0.05, 0.1) is 6.07 Å². The first-order valence-corrected chi connectivity index (χ1v) is 4.16. The first-order valence-electron chi connectivity index (χ1n) is 4.16. The lowest BCUT2D eigenvalue weighted by atomic mass is 9.59. The standard InChI is InChI=1S/C9H13NO2/c1-6(2)7-3-9(4-7,5-10)8(11)12/h6-7H,3-4H2,1-2H3,(H,11,12). The number of rotatable bonds is 2. The highest BCUT2D eigenvalue weighted by atomic mass is 16.4. The van der Waals surface area contributed by atoms with E-state index in [2.05, 4.69) is 13.8 Å². The lowest BCUT2D eigenvalue weighted by molar-refractivity contribution is -0.153. The molecule has 0 aromatic carbocycles. The average molecular weight is 167 g/mol. The zero-order valence-corrected chi connectivity index (χ0v) is 7.37. The summed E-state index contributed by atoms with van der Waals surface area (Å²) in [6, 6.07) is 1.90. The summed E-state index contributed by atoms with van der Waals surface area (Å²) in [5, 5.41) is 17.4. The molecule has 66 valence electrons. The number of carboxylic acids is 1. The second-order valence-corrected chi connectivity index (χ2v) is 3.91. The zero-order valence-electron chi connectivity index (χ0n) is 7.37. The van der Waals surface area contributed by atoms with Crippen LogP contribution in [0.15, 0.2) is 0 Å². The lowest BCUT2D eigenvalue weighted by Gasteiger charge is -2.41. The molecule has 3 heteroatoms. The molecule has 0 saturated heterocycles. The molecule has 0 amide bonds. The van der Waals surface area contributed by atoms with E-state index in [1.807, 2.05) is 6.07 Å². The minimum absolute atomic E-state index is 0.417. The van der Waals surface area contributed by atoms with Gasteiger partial charge in [0.2, 0.25) is 0 Å². The normalized spacial score (nSPS) is 34.0. The molecule has 0 atom stereocenters. The van der Waals surface area contributed by atoms with Crippen LogP contribution in [0.4, 0.5) is 0 Å². The third-order valence-corrected chi connectivity index (χ3v) is 2.79. The summed E-state index contributed by atoms with van der Waals surface area (Å²) < 4.78 is 0. The zero-order chi connectivity index (χ0) is 9.35. The lowest BCUT2D eigenvalue weighted by Crippen LogP contribution is -2.44. The van der Waals surface area contributed by atoms with E-state index in [9.17, 15) is 4.79 Å². The van der Waals surface area contributed by atoms with Crippen molar-refractivity contribution >= 4 is 5.97 Å². The van der Waals surface area contributed by atoms with Crippen molar-refractivity contribution in [3.8, 4) is 6.07 Å². The van der Waals surface area contributed by atoms with E-state index >= 15 is 0 Å². The molecule has 0 unspecified atom stereocenters. The molecule has 0 aliphatic heterocycles. The van der Waals surface area contributed by atoms with Gasteiger partial charge in [-0.15, -0.1) is 0 Å². The number of hydrogen-bond acceptors (Lipinski definition) is 2. The number of aliphatic carboxylic acids is 1. The van der Waals surface area contributed by atoms with Crippen molar-refractivity contribution in [1.29, 1.82) is 5.26 Å². The van der Waals surface area contributed by atoms with Crippen LogP contribution in [0.5, 0.6) is 0 Å². The largest absolute Gasteiger partial charge is 0.480 e. The summed E-state index contributed by atoms with van der Waals surface area (Å²) in [4.78, 5) is 10.7. The fourth-order valence-corrected chi connectivity index (χ4v) is 1.62. The van der Waals surface area contributed by atoms with Crippen molar-refractivity contribution in [1.82, 2.24) is 0 Å². The number of nitrogens with zero attached hydrogens (tertiary/aromatic N) is 1. The topological polar surface area (TPSA) is 61.1 Å². The van der Waals surface area contributed by atoms with Crippen LogP contribution in [0.2, 0.25) is 0 Å². The minimum Gasteiger partial charge on any atom is -0.480 e. The van der Waals surface area contributed by atoms with Gasteiger partial charge in [-0.3, -0.25) is 4.79 Å². The van der Waals surface area contributed by atoms with Crippen LogP contribution in [0.1, 0.15) is 26.7 Å². The second kappa shape index (κ2) is 2.78. The molecule has 1 N–H and O–H groups in total. The molecule has 1 aliphatic rings. The highest BCUT2D eigenvalue weighted by molar-refractivity contribution is 5.79. The molecular formula is C9H13NO2. The molecule has 1 rings (SSSR count). The second-order valence-electron chi connectivity index (χ2n) is 3.91. The summed E-state index contributed by atoms with van der Waals surface area (Å²) in [5.74, 6) is -0.0477. The molecule has 12 heavy (non-hydrogen) atoms. The van der Waals surface area contributed by atoms with Gasteiger partial charge in [-0.25, -0.2) is 0 Å². The first kappa shape index (κ1) is 9.05. The van der Waals surface area contributed by atoms with Gasteiger partial charge < -0.3 is 5.11 Å². The fourth-order valence-electron chi connectivity index (χ4n) is 1.62. The summed E-state index contributed by atoms with van der Waals surface area (Å²) in [7, 11) is 0. The van der Waals surface area contributed by atoms with E-state index in [4.69, 9.17) is 10.4 Å². The van der Waals surface area contributed by atoms with Crippen molar-refractivity contribution in [2.75, 3.05) is 0 Å². The molecule has 1 saturated carbocycles. The van der Waals surface area contributed by atoms with E-state index in [-0.39, 0.29) is 0 Å². The highest BCUT2D eigenvalue weighted by Gasteiger charge is 2.51. The number of carbonyl (C=O) groups is 1. The summed E-state index contributed by atoms with van der Waals surface area (Å²) in [6.07, 6.45) is 1.05. The Balaban J connectivity index is 2.60. The molecule has 1 fully saturated rings. The highest BCUT2D eigenvalue weighted by Crippen LogP contribution is 2.48. The van der Waals surface area contributed by atoms with Crippen LogP contribution >= 0.6 is 0 Å². The average Bonchev–Trinajstić information content (AvgIpc) is 1.84. The fraction of sp³-hybridized carbons (Fsp3) is 0.778. The van der Waals surface area contributed by atoms with Gasteiger partial charge in [-0.1, -0.05) is 13.8 Å². The maximum atomic E-state index is 10.7. The SMILES string of the molecule is CC(C)C1CC(C#N)(C(=O)O)C1. The van der Waals surface area contributed by atoms with Crippen LogP contribution in [0, 0.1) is 28.6 Å². The molecule has 0 heterocycles. The van der Waals surface area contributed by atoms with Crippen LogP contribution in [-0.4, -0.2) is 11.1 Å². The van der Waals surface area contributed by atoms with E-state index < -0.39 is 11.4 Å². The number of hydrogen-bond donors (Lipinski definition) is 1. The summed E-state index contributed by atoms with van der Waals surface area (Å²) in [5.41, 5.74) is -1.06. The van der Waals surface area contributed by atoms with Gasteiger partial charge in [-0.2, -0.15) is 5.26 Å². The molecule has 0 spiro atoms.